The van der Waals surface area contributed by atoms with Gasteiger partial charge in [-0.1, -0.05) is 24.6 Å². The van der Waals surface area contributed by atoms with Gasteiger partial charge in [-0.15, -0.1) is 0 Å². The van der Waals surface area contributed by atoms with Gasteiger partial charge in [0.1, 0.15) is 0 Å². The van der Waals surface area contributed by atoms with E-state index in [-0.39, 0.29) is 5.91 Å². The molecule has 2 aromatic carbocycles. The summed E-state index contributed by atoms with van der Waals surface area (Å²) >= 11 is 5.93. The summed E-state index contributed by atoms with van der Waals surface area (Å²) in [5.74, 6) is -0.151. The highest BCUT2D eigenvalue weighted by molar-refractivity contribution is 6.31. The molecule has 1 N–H and O–H groups in total. The van der Waals surface area contributed by atoms with E-state index in [0.29, 0.717) is 10.6 Å². The van der Waals surface area contributed by atoms with Gasteiger partial charge in [0.25, 0.3) is 5.91 Å². The number of hydrogen-bond acceptors (Lipinski definition) is 3. The minimum Gasteiger partial charge on any atom is -0.369 e. The Morgan fingerprint density at radius 3 is 2.42 bits per heavy atom. The van der Waals surface area contributed by atoms with Gasteiger partial charge in [0.2, 0.25) is 0 Å². The number of halogens is 1. The van der Waals surface area contributed by atoms with Crippen LogP contribution in [0, 0.1) is 0 Å². The molecule has 1 aliphatic heterocycles. The molecular weight excluding hydrogens is 322 g/mol. The molecule has 0 aromatic heterocycles. The first kappa shape index (κ1) is 16.8. The molecule has 0 spiro atoms. The summed E-state index contributed by atoms with van der Waals surface area (Å²) in [7, 11) is 0. The lowest BCUT2D eigenvalue weighted by molar-refractivity contribution is 0.102. The average Bonchev–Trinajstić information content (AvgIpc) is 2.62. The predicted molar refractivity (Wildman–Crippen MR) is 100 cm³/mol. The maximum absolute atomic E-state index is 12.2. The molecule has 1 heterocycles. The minimum atomic E-state index is -0.151. The Morgan fingerprint density at radius 2 is 1.79 bits per heavy atom. The van der Waals surface area contributed by atoms with Gasteiger partial charge in [-0.2, -0.15) is 0 Å². The van der Waals surface area contributed by atoms with E-state index in [1.807, 2.05) is 12.1 Å². The number of hydrogen-bond donors (Lipinski definition) is 1. The smallest absolute Gasteiger partial charge is 0.255 e. The summed E-state index contributed by atoms with van der Waals surface area (Å²) in [4.78, 5) is 17.1. The van der Waals surface area contributed by atoms with E-state index in [1.54, 1.807) is 24.3 Å². The van der Waals surface area contributed by atoms with Gasteiger partial charge in [0, 0.05) is 48.1 Å². The second-order valence-electron chi connectivity index (χ2n) is 5.93. The van der Waals surface area contributed by atoms with Crippen LogP contribution in [0.2, 0.25) is 5.02 Å². The summed E-state index contributed by atoms with van der Waals surface area (Å²) in [6.45, 7) is 7.60. The van der Waals surface area contributed by atoms with Crippen LogP contribution in [0.5, 0.6) is 0 Å². The summed E-state index contributed by atoms with van der Waals surface area (Å²) in [5, 5.41) is 3.47. The normalized spacial score (nSPS) is 15.3. The molecule has 1 saturated heterocycles. The molecule has 4 nitrogen and oxygen atoms in total. The van der Waals surface area contributed by atoms with Crippen molar-refractivity contribution in [1.82, 2.24) is 4.90 Å². The highest BCUT2D eigenvalue weighted by Crippen LogP contribution is 2.20. The molecule has 0 atom stereocenters. The van der Waals surface area contributed by atoms with Gasteiger partial charge in [-0.25, -0.2) is 0 Å². The summed E-state index contributed by atoms with van der Waals surface area (Å²) in [5.41, 5.74) is 2.55. The number of piperazine rings is 1. The van der Waals surface area contributed by atoms with Crippen molar-refractivity contribution < 1.29 is 4.79 Å². The Morgan fingerprint density at radius 1 is 1.08 bits per heavy atom. The molecule has 1 amide bonds. The van der Waals surface area contributed by atoms with Crippen LogP contribution in [0.15, 0.2) is 48.5 Å². The van der Waals surface area contributed by atoms with Crippen LogP contribution in [-0.4, -0.2) is 43.5 Å². The van der Waals surface area contributed by atoms with Gasteiger partial charge >= 0.3 is 0 Å². The van der Waals surface area contributed by atoms with Crippen LogP contribution in [-0.2, 0) is 0 Å². The fraction of sp³-hybridized carbons (Fsp3) is 0.316. The molecule has 24 heavy (non-hydrogen) atoms. The van der Waals surface area contributed by atoms with E-state index in [0.717, 1.165) is 38.4 Å². The lowest BCUT2D eigenvalue weighted by Crippen LogP contribution is -2.46. The molecule has 126 valence electrons. The fourth-order valence-electron chi connectivity index (χ4n) is 2.91. The molecule has 0 aliphatic carbocycles. The van der Waals surface area contributed by atoms with Crippen LogP contribution < -0.4 is 10.2 Å². The van der Waals surface area contributed by atoms with Crippen molar-refractivity contribution >= 4 is 28.9 Å². The first-order valence-electron chi connectivity index (χ1n) is 8.30. The number of carbonyl (C=O) groups is 1. The Kier molecular flexibility index (Phi) is 5.38. The quantitative estimate of drug-likeness (QED) is 0.918. The highest BCUT2D eigenvalue weighted by Gasteiger charge is 2.15. The summed E-state index contributed by atoms with van der Waals surface area (Å²) in [6, 6.07) is 15.0. The first-order chi connectivity index (χ1) is 11.7. The molecule has 3 rings (SSSR count). The Labute approximate surface area is 148 Å². The zero-order valence-corrected chi connectivity index (χ0v) is 14.6. The number of amides is 1. The first-order valence-corrected chi connectivity index (χ1v) is 8.68. The Balaban J connectivity index is 1.61. The second kappa shape index (κ2) is 7.69. The molecule has 0 unspecified atom stereocenters. The number of rotatable bonds is 4. The lowest BCUT2D eigenvalue weighted by atomic mass is 10.2. The van der Waals surface area contributed by atoms with Crippen molar-refractivity contribution in [2.75, 3.05) is 42.9 Å². The average molecular weight is 344 g/mol. The molecule has 5 heteroatoms. The van der Waals surface area contributed by atoms with Gasteiger partial charge in [-0.05, 0) is 49.0 Å². The van der Waals surface area contributed by atoms with Crippen LogP contribution in [0.3, 0.4) is 0 Å². The number of carbonyl (C=O) groups excluding carboxylic acids is 1. The molecule has 1 aliphatic rings. The third kappa shape index (κ3) is 4.08. The van der Waals surface area contributed by atoms with Crippen LogP contribution in [0.25, 0.3) is 0 Å². The molecule has 1 fully saturated rings. The summed E-state index contributed by atoms with van der Waals surface area (Å²) in [6.07, 6.45) is 0. The highest BCUT2D eigenvalue weighted by atomic mass is 35.5. The fourth-order valence-corrected chi connectivity index (χ4v) is 3.10. The van der Waals surface area contributed by atoms with E-state index >= 15 is 0 Å². The number of likely N-dealkylation sites (N-methyl/N-ethyl adjacent to an activating group) is 1. The maximum atomic E-state index is 12.2. The topological polar surface area (TPSA) is 35.6 Å². The Hall–Kier alpha value is -2.04. The second-order valence-corrected chi connectivity index (χ2v) is 6.37. The van der Waals surface area contributed by atoms with E-state index in [1.165, 1.54) is 5.69 Å². The van der Waals surface area contributed by atoms with Crippen molar-refractivity contribution in [2.24, 2.45) is 0 Å². The van der Waals surface area contributed by atoms with Crippen molar-refractivity contribution in [3.8, 4) is 0 Å². The largest absolute Gasteiger partial charge is 0.369 e. The van der Waals surface area contributed by atoms with Crippen LogP contribution >= 0.6 is 11.6 Å². The van der Waals surface area contributed by atoms with Gasteiger partial charge < -0.3 is 15.1 Å². The maximum Gasteiger partial charge on any atom is 0.255 e. The van der Waals surface area contributed by atoms with Crippen LogP contribution in [0.1, 0.15) is 17.3 Å². The van der Waals surface area contributed by atoms with Gasteiger partial charge in [-0.3, -0.25) is 4.79 Å². The van der Waals surface area contributed by atoms with E-state index < -0.39 is 0 Å². The van der Waals surface area contributed by atoms with Crippen LogP contribution in [0.4, 0.5) is 11.4 Å². The number of anilines is 2. The molecule has 2 aromatic rings. The summed E-state index contributed by atoms with van der Waals surface area (Å²) < 4.78 is 0. The minimum absolute atomic E-state index is 0.151. The third-order valence-corrected chi connectivity index (χ3v) is 4.63. The van der Waals surface area contributed by atoms with E-state index in [9.17, 15) is 4.79 Å². The van der Waals surface area contributed by atoms with E-state index in [4.69, 9.17) is 11.6 Å². The van der Waals surface area contributed by atoms with Gasteiger partial charge in [0.05, 0.1) is 0 Å². The number of nitrogens with zero attached hydrogens (tertiary/aromatic N) is 2. The van der Waals surface area contributed by atoms with E-state index in [2.05, 4.69) is 34.2 Å². The van der Waals surface area contributed by atoms with Crippen molar-refractivity contribution in [2.45, 2.75) is 6.92 Å². The number of nitrogens with one attached hydrogen (secondary N) is 1. The molecule has 0 saturated carbocycles. The lowest BCUT2D eigenvalue weighted by Gasteiger charge is -2.35. The molecular formula is C19H22ClN3O. The monoisotopic (exact) mass is 343 g/mol. The SMILES string of the molecule is CCN1CCN(c2ccc(NC(=O)c3cccc(Cl)c3)cc2)CC1. The zero-order valence-electron chi connectivity index (χ0n) is 13.8. The Bertz CT molecular complexity index is 694. The predicted octanol–water partition coefficient (Wildman–Crippen LogP) is 3.73. The molecule has 0 radical (unpaired) electrons. The third-order valence-electron chi connectivity index (χ3n) is 4.40. The van der Waals surface area contributed by atoms with Crippen molar-refractivity contribution in [3.05, 3.63) is 59.1 Å². The van der Waals surface area contributed by atoms with Crippen molar-refractivity contribution in [1.29, 1.82) is 0 Å². The van der Waals surface area contributed by atoms with Gasteiger partial charge in [0.15, 0.2) is 0 Å². The molecule has 0 bridgehead atoms. The van der Waals surface area contributed by atoms with Crippen molar-refractivity contribution in [3.63, 3.8) is 0 Å². The zero-order chi connectivity index (χ0) is 16.9. The number of benzene rings is 2. The standard InChI is InChI=1S/C19H22ClN3O/c1-2-22-10-12-23(13-11-22)18-8-6-17(7-9-18)21-19(24)15-4-3-5-16(20)14-15/h3-9,14H,2,10-13H2,1H3,(H,21,24).